The fourth-order valence-corrected chi connectivity index (χ4v) is 5.02. The van der Waals surface area contributed by atoms with E-state index in [0.717, 1.165) is 48.3 Å². The molecule has 0 unspecified atom stereocenters. The highest BCUT2D eigenvalue weighted by Crippen LogP contribution is 2.37. The van der Waals surface area contributed by atoms with Crippen molar-refractivity contribution in [3.8, 4) is 11.4 Å². The van der Waals surface area contributed by atoms with Crippen LogP contribution in [0.5, 0.6) is 0 Å². The van der Waals surface area contributed by atoms with E-state index in [1.807, 2.05) is 48.5 Å². The molecule has 3 aromatic carbocycles. The maximum Gasteiger partial charge on any atom is 0.335 e. The van der Waals surface area contributed by atoms with Gasteiger partial charge in [-0.1, -0.05) is 57.9 Å². The van der Waals surface area contributed by atoms with Crippen LogP contribution >= 0.6 is 0 Å². The summed E-state index contributed by atoms with van der Waals surface area (Å²) in [5.41, 5.74) is 5.19. The van der Waals surface area contributed by atoms with E-state index in [9.17, 15) is 14.7 Å². The number of amides is 1. The molecule has 0 atom stereocenters. The van der Waals surface area contributed by atoms with Crippen LogP contribution in [0.15, 0.2) is 66.7 Å². The number of carboxylic acid groups (broad SMARTS) is 1. The molecular weight excluding hydrogens is 450 g/mol. The van der Waals surface area contributed by atoms with Crippen LogP contribution in [0.2, 0.25) is 0 Å². The molecule has 1 heterocycles. The molecule has 36 heavy (non-hydrogen) atoms. The SMILES string of the molecule is CC(C)(C)c1ccc(NC(=O)c2cccc(-c3nc4cc(C(=O)O)ccc4n3C3CCCC3)c2)cc1. The van der Waals surface area contributed by atoms with Gasteiger partial charge in [0.05, 0.1) is 16.6 Å². The Morgan fingerprint density at radius 1 is 0.944 bits per heavy atom. The van der Waals surface area contributed by atoms with Crippen LogP contribution < -0.4 is 5.32 Å². The minimum absolute atomic E-state index is 0.0485. The number of fused-ring (bicyclic) bond motifs is 1. The van der Waals surface area contributed by atoms with Crippen LogP contribution in [0.25, 0.3) is 22.4 Å². The fourth-order valence-electron chi connectivity index (χ4n) is 5.02. The number of nitrogens with one attached hydrogen (secondary N) is 1. The zero-order valence-corrected chi connectivity index (χ0v) is 20.9. The first-order valence-electron chi connectivity index (χ1n) is 12.5. The topological polar surface area (TPSA) is 84.2 Å². The van der Waals surface area contributed by atoms with Crippen molar-refractivity contribution in [1.29, 1.82) is 0 Å². The Morgan fingerprint density at radius 3 is 2.33 bits per heavy atom. The number of anilines is 1. The van der Waals surface area contributed by atoms with Crippen molar-refractivity contribution < 1.29 is 14.7 Å². The summed E-state index contributed by atoms with van der Waals surface area (Å²) in [7, 11) is 0. The highest BCUT2D eigenvalue weighted by molar-refractivity contribution is 6.05. The number of carboxylic acids is 1. The maximum absolute atomic E-state index is 13.1. The second kappa shape index (κ2) is 9.26. The van der Waals surface area contributed by atoms with Crippen molar-refractivity contribution >= 4 is 28.6 Å². The molecule has 2 N–H and O–H groups in total. The first kappa shape index (κ1) is 23.8. The molecule has 0 saturated heterocycles. The van der Waals surface area contributed by atoms with Crippen LogP contribution in [0.3, 0.4) is 0 Å². The average Bonchev–Trinajstić information content (AvgIpc) is 3.51. The number of aromatic nitrogens is 2. The van der Waals surface area contributed by atoms with Gasteiger partial charge in [0.1, 0.15) is 5.82 Å². The van der Waals surface area contributed by atoms with E-state index >= 15 is 0 Å². The van der Waals surface area contributed by atoms with Crippen molar-refractivity contribution in [2.24, 2.45) is 0 Å². The molecule has 0 radical (unpaired) electrons. The molecule has 1 fully saturated rings. The number of carbonyl (C=O) groups is 2. The molecule has 0 spiro atoms. The Balaban J connectivity index is 1.49. The predicted octanol–water partition coefficient (Wildman–Crippen LogP) is 7.07. The number of aromatic carboxylic acids is 1. The van der Waals surface area contributed by atoms with Gasteiger partial charge in [-0.25, -0.2) is 9.78 Å². The predicted molar refractivity (Wildman–Crippen MR) is 143 cm³/mol. The molecule has 1 aliphatic carbocycles. The Bertz CT molecular complexity index is 1440. The third kappa shape index (κ3) is 4.63. The fraction of sp³-hybridized carbons (Fsp3) is 0.300. The molecule has 0 bridgehead atoms. The lowest BCUT2D eigenvalue weighted by molar-refractivity contribution is 0.0696. The van der Waals surface area contributed by atoms with E-state index in [1.54, 1.807) is 18.2 Å². The van der Waals surface area contributed by atoms with E-state index in [4.69, 9.17) is 4.98 Å². The van der Waals surface area contributed by atoms with E-state index in [-0.39, 0.29) is 16.9 Å². The molecule has 4 aromatic rings. The lowest BCUT2D eigenvalue weighted by Crippen LogP contribution is -2.14. The average molecular weight is 482 g/mol. The summed E-state index contributed by atoms with van der Waals surface area (Å²) in [5, 5.41) is 12.4. The summed E-state index contributed by atoms with van der Waals surface area (Å²) >= 11 is 0. The molecule has 1 amide bonds. The van der Waals surface area contributed by atoms with Crippen LogP contribution in [0.4, 0.5) is 5.69 Å². The molecule has 1 aliphatic rings. The zero-order valence-electron chi connectivity index (χ0n) is 20.9. The van der Waals surface area contributed by atoms with Crippen LogP contribution in [-0.2, 0) is 5.41 Å². The standard InChI is InChI=1S/C30H31N3O3/c1-30(2,3)22-12-14-23(15-13-22)31-28(34)20-8-6-7-19(17-20)27-32-25-18-21(29(35)36)11-16-26(25)33(27)24-9-4-5-10-24/h6-8,11-18,24H,4-5,9-10H2,1-3H3,(H,31,34)(H,35,36). The summed E-state index contributed by atoms with van der Waals surface area (Å²) in [6.45, 7) is 6.48. The maximum atomic E-state index is 13.1. The van der Waals surface area contributed by atoms with Gasteiger partial charge in [-0.15, -0.1) is 0 Å². The van der Waals surface area contributed by atoms with Gasteiger partial charge in [0.15, 0.2) is 0 Å². The summed E-state index contributed by atoms with van der Waals surface area (Å²) in [4.78, 5) is 29.5. The van der Waals surface area contributed by atoms with Gasteiger partial charge < -0.3 is 15.0 Å². The first-order valence-corrected chi connectivity index (χ1v) is 12.5. The highest BCUT2D eigenvalue weighted by atomic mass is 16.4. The number of imidazole rings is 1. The largest absolute Gasteiger partial charge is 0.478 e. The third-order valence-electron chi connectivity index (χ3n) is 7.02. The Labute approximate surface area is 211 Å². The number of benzene rings is 3. The van der Waals surface area contributed by atoms with Crippen molar-refractivity contribution in [2.75, 3.05) is 5.32 Å². The summed E-state index contributed by atoms with van der Waals surface area (Å²) in [6.07, 6.45) is 4.44. The van der Waals surface area contributed by atoms with Gasteiger partial charge in [-0.2, -0.15) is 0 Å². The molecule has 6 heteroatoms. The van der Waals surface area contributed by atoms with Gasteiger partial charge in [-0.05, 0) is 66.3 Å². The lowest BCUT2D eigenvalue weighted by Gasteiger charge is -2.19. The lowest BCUT2D eigenvalue weighted by atomic mass is 9.87. The third-order valence-corrected chi connectivity index (χ3v) is 7.02. The van der Waals surface area contributed by atoms with Gasteiger partial charge in [0.25, 0.3) is 5.91 Å². The van der Waals surface area contributed by atoms with Crippen molar-refractivity contribution in [1.82, 2.24) is 9.55 Å². The van der Waals surface area contributed by atoms with Gasteiger partial charge in [0.2, 0.25) is 0 Å². The van der Waals surface area contributed by atoms with Gasteiger partial charge in [0, 0.05) is 22.9 Å². The highest BCUT2D eigenvalue weighted by Gasteiger charge is 2.24. The number of nitrogens with zero attached hydrogens (tertiary/aromatic N) is 2. The normalized spacial score (nSPS) is 14.3. The summed E-state index contributed by atoms with van der Waals surface area (Å²) < 4.78 is 2.23. The Hall–Kier alpha value is -3.93. The monoisotopic (exact) mass is 481 g/mol. The molecular formula is C30H31N3O3. The van der Waals surface area contributed by atoms with E-state index in [2.05, 4.69) is 30.7 Å². The first-order chi connectivity index (χ1) is 17.2. The summed E-state index contributed by atoms with van der Waals surface area (Å²) in [6, 6.07) is 20.9. The zero-order chi connectivity index (χ0) is 25.4. The molecule has 184 valence electrons. The molecule has 1 aromatic heterocycles. The second-order valence-electron chi connectivity index (χ2n) is 10.6. The van der Waals surface area contributed by atoms with Crippen LogP contribution in [0, 0.1) is 0 Å². The van der Waals surface area contributed by atoms with Gasteiger partial charge >= 0.3 is 5.97 Å². The summed E-state index contributed by atoms with van der Waals surface area (Å²) in [5.74, 6) is -0.385. The van der Waals surface area contributed by atoms with E-state index < -0.39 is 5.97 Å². The number of rotatable bonds is 5. The van der Waals surface area contributed by atoms with Crippen molar-refractivity contribution in [3.05, 3.63) is 83.4 Å². The molecule has 6 nitrogen and oxygen atoms in total. The Morgan fingerprint density at radius 2 is 1.67 bits per heavy atom. The van der Waals surface area contributed by atoms with E-state index in [0.29, 0.717) is 17.1 Å². The minimum atomic E-state index is -0.969. The number of hydrogen-bond donors (Lipinski definition) is 2. The Kier molecular flexibility index (Phi) is 6.12. The second-order valence-corrected chi connectivity index (χ2v) is 10.6. The number of hydrogen-bond acceptors (Lipinski definition) is 3. The molecule has 0 aliphatic heterocycles. The van der Waals surface area contributed by atoms with Gasteiger partial charge in [-0.3, -0.25) is 4.79 Å². The molecule has 1 saturated carbocycles. The minimum Gasteiger partial charge on any atom is -0.478 e. The van der Waals surface area contributed by atoms with Crippen LogP contribution in [-0.4, -0.2) is 26.5 Å². The van der Waals surface area contributed by atoms with Crippen molar-refractivity contribution in [2.45, 2.75) is 57.9 Å². The van der Waals surface area contributed by atoms with E-state index in [1.165, 1.54) is 5.56 Å². The molecule has 5 rings (SSSR count). The van der Waals surface area contributed by atoms with Crippen LogP contribution in [0.1, 0.15) is 78.8 Å². The quantitative estimate of drug-likeness (QED) is 0.319. The smallest absolute Gasteiger partial charge is 0.335 e. The number of carbonyl (C=O) groups excluding carboxylic acids is 1. The van der Waals surface area contributed by atoms with Crippen molar-refractivity contribution in [3.63, 3.8) is 0 Å².